The zero-order valence-electron chi connectivity index (χ0n) is 15.2. The van der Waals surface area contributed by atoms with Gasteiger partial charge in [0.2, 0.25) is 0 Å². The van der Waals surface area contributed by atoms with Gasteiger partial charge in [-0.2, -0.15) is 13.2 Å². The van der Waals surface area contributed by atoms with Gasteiger partial charge in [0.25, 0.3) is 0 Å². The van der Waals surface area contributed by atoms with Crippen molar-refractivity contribution in [3.05, 3.63) is 35.4 Å². The van der Waals surface area contributed by atoms with Crippen molar-refractivity contribution in [3.63, 3.8) is 0 Å². The van der Waals surface area contributed by atoms with E-state index in [1.165, 1.54) is 6.92 Å². The van der Waals surface area contributed by atoms with E-state index in [2.05, 4.69) is 27.0 Å². The number of halogens is 3. The van der Waals surface area contributed by atoms with Crippen LogP contribution in [0, 0.1) is 6.92 Å². The van der Waals surface area contributed by atoms with Gasteiger partial charge in [-0.1, -0.05) is 0 Å². The SMILES string of the molecule is Cc1cc(C(F)(F)F)cc(O)c1-c1ccc(N2CC[C@H]3[C@@H]2CCN3C)nn1. The second-order valence-corrected chi connectivity index (χ2v) is 7.35. The smallest absolute Gasteiger partial charge is 0.416 e. The Kier molecular flexibility index (Phi) is 4.25. The number of likely N-dealkylation sites (N-methyl/N-ethyl adjacent to an activating group) is 1. The van der Waals surface area contributed by atoms with Crippen LogP contribution in [-0.2, 0) is 6.18 Å². The molecule has 0 bridgehead atoms. The summed E-state index contributed by atoms with van der Waals surface area (Å²) in [7, 11) is 2.14. The summed E-state index contributed by atoms with van der Waals surface area (Å²) < 4.78 is 38.7. The molecular formula is C19H21F3N4O. The van der Waals surface area contributed by atoms with E-state index in [4.69, 9.17) is 0 Å². The molecular weight excluding hydrogens is 357 g/mol. The Morgan fingerprint density at radius 3 is 2.44 bits per heavy atom. The Morgan fingerprint density at radius 2 is 1.81 bits per heavy atom. The molecule has 4 rings (SSSR count). The highest BCUT2D eigenvalue weighted by Gasteiger charge is 2.41. The molecule has 0 amide bonds. The fourth-order valence-electron chi connectivity index (χ4n) is 4.36. The molecule has 2 atom stereocenters. The predicted molar refractivity (Wildman–Crippen MR) is 95.7 cm³/mol. The molecule has 2 aliphatic rings. The lowest BCUT2D eigenvalue weighted by Crippen LogP contribution is -2.35. The van der Waals surface area contributed by atoms with Crippen LogP contribution in [0.3, 0.4) is 0 Å². The molecule has 144 valence electrons. The Morgan fingerprint density at radius 1 is 1.07 bits per heavy atom. The normalized spacial score (nSPS) is 23.1. The lowest BCUT2D eigenvalue weighted by atomic mass is 10.0. The lowest BCUT2D eigenvalue weighted by molar-refractivity contribution is -0.137. The van der Waals surface area contributed by atoms with Gasteiger partial charge in [0, 0.05) is 30.7 Å². The molecule has 3 heterocycles. The maximum Gasteiger partial charge on any atom is 0.416 e. The summed E-state index contributed by atoms with van der Waals surface area (Å²) in [5, 5.41) is 18.6. The van der Waals surface area contributed by atoms with Crippen molar-refractivity contribution < 1.29 is 18.3 Å². The predicted octanol–water partition coefficient (Wildman–Crippen LogP) is 3.46. The Labute approximate surface area is 155 Å². The largest absolute Gasteiger partial charge is 0.507 e. The molecule has 2 saturated heterocycles. The minimum Gasteiger partial charge on any atom is -0.507 e. The Bertz CT molecular complexity index is 830. The van der Waals surface area contributed by atoms with Gasteiger partial charge in [0.1, 0.15) is 5.75 Å². The van der Waals surface area contributed by atoms with E-state index in [1.54, 1.807) is 6.07 Å². The molecule has 0 saturated carbocycles. The lowest BCUT2D eigenvalue weighted by Gasteiger charge is -2.24. The van der Waals surface area contributed by atoms with Gasteiger partial charge in [-0.25, -0.2) is 0 Å². The first kappa shape index (κ1) is 18.0. The maximum atomic E-state index is 12.9. The third-order valence-electron chi connectivity index (χ3n) is 5.70. The number of aryl methyl sites for hydroxylation is 1. The highest BCUT2D eigenvalue weighted by atomic mass is 19.4. The number of rotatable bonds is 2. The highest BCUT2D eigenvalue weighted by molar-refractivity contribution is 5.71. The van der Waals surface area contributed by atoms with E-state index in [1.807, 2.05) is 6.07 Å². The molecule has 0 unspecified atom stereocenters. The number of phenols is 1. The van der Waals surface area contributed by atoms with E-state index < -0.39 is 17.5 Å². The topological polar surface area (TPSA) is 52.5 Å². The van der Waals surface area contributed by atoms with Crippen LogP contribution < -0.4 is 4.90 Å². The summed E-state index contributed by atoms with van der Waals surface area (Å²) in [6.45, 7) is 3.51. The molecule has 0 aliphatic carbocycles. The first-order chi connectivity index (χ1) is 12.8. The standard InChI is InChI=1S/C19H21F3N4O/c1-11-9-12(19(20,21)22)10-16(27)18(11)13-3-4-17(24-23-13)26-8-6-14-15(26)5-7-25(14)2/h3-4,9-10,14-15,27H,5-8H2,1-2H3/t14-,15-/m0/s1. The fourth-order valence-corrected chi connectivity index (χ4v) is 4.36. The third kappa shape index (κ3) is 3.12. The zero-order valence-corrected chi connectivity index (χ0v) is 15.2. The monoisotopic (exact) mass is 378 g/mol. The zero-order chi connectivity index (χ0) is 19.3. The number of aromatic hydroxyl groups is 1. The molecule has 5 nitrogen and oxygen atoms in total. The van der Waals surface area contributed by atoms with E-state index in [0.29, 0.717) is 23.3 Å². The van der Waals surface area contributed by atoms with Crippen LogP contribution in [0.15, 0.2) is 24.3 Å². The number of hydrogen-bond acceptors (Lipinski definition) is 5. The van der Waals surface area contributed by atoms with Crippen LogP contribution in [0.4, 0.5) is 19.0 Å². The molecule has 27 heavy (non-hydrogen) atoms. The molecule has 2 aromatic rings. The number of benzene rings is 1. The average molecular weight is 378 g/mol. The van der Waals surface area contributed by atoms with Gasteiger partial charge >= 0.3 is 6.18 Å². The number of alkyl halides is 3. The summed E-state index contributed by atoms with van der Waals surface area (Å²) in [6, 6.07) is 6.26. The molecule has 0 spiro atoms. The quantitative estimate of drug-likeness (QED) is 0.867. The molecule has 8 heteroatoms. The van der Waals surface area contributed by atoms with Gasteiger partial charge in [-0.05, 0) is 56.6 Å². The second kappa shape index (κ2) is 6.37. The van der Waals surface area contributed by atoms with Crippen LogP contribution in [0.5, 0.6) is 5.75 Å². The number of phenolic OH excluding ortho intramolecular Hbond substituents is 1. The molecule has 1 N–H and O–H groups in total. The number of likely N-dealkylation sites (tertiary alicyclic amines) is 1. The van der Waals surface area contributed by atoms with Crippen LogP contribution in [0.1, 0.15) is 24.0 Å². The van der Waals surface area contributed by atoms with Gasteiger partial charge in [-0.3, -0.25) is 0 Å². The fraction of sp³-hybridized carbons (Fsp3) is 0.474. The van der Waals surface area contributed by atoms with Crippen LogP contribution in [-0.4, -0.2) is 52.4 Å². The third-order valence-corrected chi connectivity index (χ3v) is 5.70. The van der Waals surface area contributed by atoms with Gasteiger partial charge in [0.15, 0.2) is 5.82 Å². The van der Waals surface area contributed by atoms with E-state index in [-0.39, 0.29) is 5.56 Å². The molecule has 2 fully saturated rings. The number of hydrogen-bond donors (Lipinski definition) is 1. The van der Waals surface area contributed by atoms with E-state index >= 15 is 0 Å². The minimum absolute atomic E-state index is 0.280. The van der Waals surface area contributed by atoms with Crippen molar-refractivity contribution in [2.75, 3.05) is 25.0 Å². The first-order valence-electron chi connectivity index (χ1n) is 8.97. The number of aromatic nitrogens is 2. The summed E-state index contributed by atoms with van der Waals surface area (Å²) in [6.07, 6.45) is -2.33. The van der Waals surface area contributed by atoms with Crippen LogP contribution >= 0.6 is 0 Å². The molecule has 1 aromatic heterocycles. The summed E-state index contributed by atoms with van der Waals surface area (Å²) in [5.41, 5.74) is 0.0750. The minimum atomic E-state index is -4.50. The van der Waals surface area contributed by atoms with Crippen molar-refractivity contribution in [1.82, 2.24) is 15.1 Å². The van der Waals surface area contributed by atoms with E-state index in [0.717, 1.165) is 43.9 Å². The maximum absolute atomic E-state index is 12.9. The Balaban J connectivity index is 1.62. The number of fused-ring (bicyclic) bond motifs is 1. The number of anilines is 1. The van der Waals surface area contributed by atoms with Crippen molar-refractivity contribution >= 4 is 5.82 Å². The van der Waals surface area contributed by atoms with Crippen molar-refractivity contribution in [1.29, 1.82) is 0 Å². The molecule has 2 aliphatic heterocycles. The van der Waals surface area contributed by atoms with Crippen LogP contribution in [0.2, 0.25) is 0 Å². The van der Waals surface area contributed by atoms with Gasteiger partial charge in [-0.15, -0.1) is 10.2 Å². The Hall–Kier alpha value is -2.35. The summed E-state index contributed by atoms with van der Waals surface area (Å²) in [5.74, 6) is 0.327. The van der Waals surface area contributed by atoms with Gasteiger partial charge < -0.3 is 14.9 Å². The summed E-state index contributed by atoms with van der Waals surface area (Å²) >= 11 is 0. The van der Waals surface area contributed by atoms with Crippen LogP contribution in [0.25, 0.3) is 11.3 Å². The van der Waals surface area contributed by atoms with Gasteiger partial charge in [0.05, 0.1) is 11.3 Å². The number of nitrogens with zero attached hydrogens (tertiary/aromatic N) is 4. The van der Waals surface area contributed by atoms with E-state index in [9.17, 15) is 18.3 Å². The molecule has 0 radical (unpaired) electrons. The average Bonchev–Trinajstić information content (AvgIpc) is 3.17. The highest BCUT2D eigenvalue weighted by Crippen LogP contribution is 2.39. The molecule has 1 aromatic carbocycles. The van der Waals surface area contributed by atoms with Crippen molar-refractivity contribution in [2.45, 2.75) is 38.0 Å². The second-order valence-electron chi connectivity index (χ2n) is 7.35. The first-order valence-corrected chi connectivity index (χ1v) is 8.97. The van der Waals surface area contributed by atoms with Crippen molar-refractivity contribution in [3.8, 4) is 17.0 Å². The van der Waals surface area contributed by atoms with Crippen molar-refractivity contribution in [2.24, 2.45) is 0 Å². The summed E-state index contributed by atoms with van der Waals surface area (Å²) in [4.78, 5) is 4.63.